The van der Waals surface area contributed by atoms with Crippen LogP contribution in [0.5, 0.6) is 0 Å². The van der Waals surface area contributed by atoms with Crippen LogP contribution >= 0.6 is 0 Å². The van der Waals surface area contributed by atoms with E-state index in [1.807, 2.05) is 20.0 Å². The molecule has 0 bridgehead atoms. The number of aromatic nitrogens is 2. The molecule has 90 valence electrons. The molecule has 0 saturated carbocycles. The smallest absolute Gasteiger partial charge is 0.138 e. The van der Waals surface area contributed by atoms with Gasteiger partial charge in [0.25, 0.3) is 0 Å². The van der Waals surface area contributed by atoms with Crippen molar-refractivity contribution in [3.63, 3.8) is 0 Å². The highest BCUT2D eigenvalue weighted by molar-refractivity contribution is 5.80. The molecule has 1 heterocycles. The van der Waals surface area contributed by atoms with Gasteiger partial charge in [0, 0.05) is 25.6 Å². The van der Waals surface area contributed by atoms with Crippen molar-refractivity contribution in [2.45, 2.75) is 52.4 Å². The molecule has 3 heteroatoms. The van der Waals surface area contributed by atoms with Crippen molar-refractivity contribution in [2.75, 3.05) is 0 Å². The van der Waals surface area contributed by atoms with Gasteiger partial charge in [0.15, 0.2) is 0 Å². The summed E-state index contributed by atoms with van der Waals surface area (Å²) in [5, 5.41) is 4.24. The van der Waals surface area contributed by atoms with Crippen LogP contribution in [0, 0.1) is 6.92 Å². The third-order valence-corrected chi connectivity index (χ3v) is 2.79. The number of ketones is 1. The van der Waals surface area contributed by atoms with Crippen molar-refractivity contribution in [3.8, 4) is 0 Å². The summed E-state index contributed by atoms with van der Waals surface area (Å²) in [5.74, 6) is 0.333. The van der Waals surface area contributed by atoms with Crippen LogP contribution in [0.3, 0.4) is 0 Å². The van der Waals surface area contributed by atoms with Gasteiger partial charge >= 0.3 is 0 Å². The van der Waals surface area contributed by atoms with Crippen LogP contribution in [0.2, 0.25) is 0 Å². The number of rotatable bonds is 7. The Morgan fingerprint density at radius 2 is 2.12 bits per heavy atom. The zero-order valence-corrected chi connectivity index (χ0v) is 10.6. The summed E-state index contributed by atoms with van der Waals surface area (Å²) in [6.07, 6.45) is 5.90. The van der Waals surface area contributed by atoms with E-state index in [1.54, 1.807) is 4.68 Å². The van der Waals surface area contributed by atoms with E-state index in [4.69, 9.17) is 0 Å². The number of unbranched alkanes of at least 4 members (excludes halogenated alkanes) is 3. The SMILES string of the molecule is CCCCCCC(=O)Cc1cc(C)nn1C. The van der Waals surface area contributed by atoms with Crippen molar-refractivity contribution < 1.29 is 4.79 Å². The van der Waals surface area contributed by atoms with Crippen molar-refractivity contribution in [2.24, 2.45) is 7.05 Å². The van der Waals surface area contributed by atoms with E-state index in [0.717, 1.165) is 17.8 Å². The number of hydrogen-bond acceptors (Lipinski definition) is 2. The Morgan fingerprint density at radius 1 is 1.38 bits per heavy atom. The molecular formula is C13H22N2O. The van der Waals surface area contributed by atoms with Crippen LogP contribution in [0.1, 0.15) is 50.4 Å². The summed E-state index contributed by atoms with van der Waals surface area (Å²) in [6.45, 7) is 4.13. The minimum absolute atomic E-state index is 0.333. The Balaban J connectivity index is 2.31. The van der Waals surface area contributed by atoms with Gasteiger partial charge in [0.1, 0.15) is 5.78 Å². The molecule has 0 saturated heterocycles. The largest absolute Gasteiger partial charge is 0.299 e. The number of carbonyl (C=O) groups is 1. The van der Waals surface area contributed by atoms with Crippen LogP contribution in [0.15, 0.2) is 6.07 Å². The zero-order valence-electron chi connectivity index (χ0n) is 10.6. The predicted octanol–water partition coefficient (Wildman–Crippen LogP) is 2.81. The first-order valence-corrected chi connectivity index (χ1v) is 6.14. The molecule has 0 aliphatic carbocycles. The monoisotopic (exact) mass is 222 g/mol. The number of hydrogen-bond donors (Lipinski definition) is 0. The summed E-state index contributed by atoms with van der Waals surface area (Å²) in [7, 11) is 1.90. The molecule has 1 rings (SSSR count). The summed E-state index contributed by atoms with van der Waals surface area (Å²) in [4.78, 5) is 11.7. The third kappa shape index (κ3) is 4.17. The van der Waals surface area contributed by atoms with E-state index < -0.39 is 0 Å². The van der Waals surface area contributed by atoms with E-state index in [-0.39, 0.29) is 0 Å². The van der Waals surface area contributed by atoms with E-state index in [0.29, 0.717) is 18.6 Å². The minimum Gasteiger partial charge on any atom is -0.299 e. The first-order chi connectivity index (χ1) is 7.63. The molecule has 0 unspecified atom stereocenters. The summed E-state index contributed by atoms with van der Waals surface area (Å²) in [6, 6.07) is 1.99. The van der Waals surface area contributed by atoms with Crippen molar-refractivity contribution in [1.29, 1.82) is 0 Å². The molecule has 1 aromatic rings. The van der Waals surface area contributed by atoms with Crippen molar-refractivity contribution in [1.82, 2.24) is 9.78 Å². The van der Waals surface area contributed by atoms with Crippen LogP contribution < -0.4 is 0 Å². The lowest BCUT2D eigenvalue weighted by Crippen LogP contribution is -2.07. The standard InChI is InChI=1S/C13H22N2O/c1-4-5-6-7-8-13(16)10-12-9-11(2)14-15(12)3/h9H,4-8,10H2,1-3H3. The third-order valence-electron chi connectivity index (χ3n) is 2.79. The van der Waals surface area contributed by atoms with Crippen LogP contribution in [-0.2, 0) is 18.3 Å². The van der Waals surface area contributed by atoms with Gasteiger partial charge in [-0.1, -0.05) is 26.2 Å². The Morgan fingerprint density at radius 3 is 2.69 bits per heavy atom. The molecule has 16 heavy (non-hydrogen) atoms. The number of aryl methyl sites for hydroxylation is 2. The van der Waals surface area contributed by atoms with Gasteiger partial charge in [-0.25, -0.2) is 0 Å². The van der Waals surface area contributed by atoms with Gasteiger partial charge in [-0.2, -0.15) is 5.10 Å². The van der Waals surface area contributed by atoms with Gasteiger partial charge in [0.2, 0.25) is 0 Å². The van der Waals surface area contributed by atoms with Gasteiger partial charge in [-0.15, -0.1) is 0 Å². The molecule has 1 aromatic heterocycles. The Hall–Kier alpha value is -1.12. The maximum Gasteiger partial charge on any atom is 0.138 e. The first kappa shape index (κ1) is 12.9. The summed E-state index contributed by atoms with van der Waals surface area (Å²) < 4.78 is 1.80. The Labute approximate surface area is 97.8 Å². The van der Waals surface area contributed by atoms with Gasteiger partial charge in [0.05, 0.1) is 5.69 Å². The van der Waals surface area contributed by atoms with E-state index in [2.05, 4.69) is 12.0 Å². The quantitative estimate of drug-likeness (QED) is 0.665. The molecule has 0 N–H and O–H groups in total. The highest BCUT2D eigenvalue weighted by Crippen LogP contribution is 2.08. The molecule has 0 spiro atoms. The lowest BCUT2D eigenvalue weighted by atomic mass is 10.1. The molecule has 0 amide bonds. The first-order valence-electron chi connectivity index (χ1n) is 6.14. The zero-order chi connectivity index (χ0) is 12.0. The Bertz CT molecular complexity index is 342. The molecule has 0 aliphatic heterocycles. The highest BCUT2D eigenvalue weighted by Gasteiger charge is 2.07. The van der Waals surface area contributed by atoms with Gasteiger partial charge < -0.3 is 0 Å². The second-order valence-electron chi connectivity index (χ2n) is 4.43. The lowest BCUT2D eigenvalue weighted by Gasteiger charge is -2.01. The normalized spacial score (nSPS) is 10.7. The fourth-order valence-corrected chi connectivity index (χ4v) is 1.87. The minimum atomic E-state index is 0.333. The molecule has 0 radical (unpaired) electrons. The second kappa shape index (κ2) is 6.46. The van der Waals surface area contributed by atoms with Crippen LogP contribution in [0.4, 0.5) is 0 Å². The summed E-state index contributed by atoms with van der Waals surface area (Å²) >= 11 is 0. The van der Waals surface area contributed by atoms with Gasteiger partial charge in [-0.05, 0) is 19.4 Å². The van der Waals surface area contributed by atoms with Crippen molar-refractivity contribution in [3.05, 3.63) is 17.5 Å². The second-order valence-corrected chi connectivity index (χ2v) is 4.43. The van der Waals surface area contributed by atoms with Crippen LogP contribution in [-0.4, -0.2) is 15.6 Å². The molecule has 3 nitrogen and oxygen atoms in total. The topological polar surface area (TPSA) is 34.9 Å². The van der Waals surface area contributed by atoms with E-state index in [1.165, 1.54) is 19.3 Å². The molecule has 0 aliphatic rings. The maximum atomic E-state index is 11.7. The fraction of sp³-hybridized carbons (Fsp3) is 0.692. The average Bonchev–Trinajstić information content (AvgIpc) is 2.52. The number of nitrogens with zero attached hydrogens (tertiary/aromatic N) is 2. The molecular weight excluding hydrogens is 200 g/mol. The lowest BCUT2D eigenvalue weighted by molar-refractivity contribution is -0.118. The molecule has 0 atom stereocenters. The number of carbonyl (C=O) groups excluding carboxylic acids is 1. The average molecular weight is 222 g/mol. The Kier molecular flexibility index (Phi) is 5.23. The van der Waals surface area contributed by atoms with E-state index >= 15 is 0 Å². The van der Waals surface area contributed by atoms with E-state index in [9.17, 15) is 4.79 Å². The molecule has 0 aromatic carbocycles. The predicted molar refractivity (Wildman–Crippen MR) is 65.4 cm³/mol. The number of Topliss-reactive ketones (excluding diaryl/α,β-unsaturated/α-hetero) is 1. The fourth-order valence-electron chi connectivity index (χ4n) is 1.87. The van der Waals surface area contributed by atoms with Gasteiger partial charge in [-0.3, -0.25) is 9.48 Å². The highest BCUT2D eigenvalue weighted by atomic mass is 16.1. The molecule has 0 fully saturated rings. The van der Waals surface area contributed by atoms with Crippen LogP contribution in [0.25, 0.3) is 0 Å². The van der Waals surface area contributed by atoms with Crippen molar-refractivity contribution >= 4 is 5.78 Å². The maximum absolute atomic E-state index is 11.7. The summed E-state index contributed by atoms with van der Waals surface area (Å²) in [5.41, 5.74) is 2.01.